The Hall–Kier alpha value is -0.830. The maximum atomic E-state index is 12.0. The summed E-state index contributed by atoms with van der Waals surface area (Å²) >= 11 is 3.53. The van der Waals surface area contributed by atoms with Gasteiger partial charge in [-0.1, -0.05) is 52.2 Å². The van der Waals surface area contributed by atoms with Gasteiger partial charge in [-0.2, -0.15) is 0 Å². The molecule has 3 heteroatoms. The molecule has 1 aromatic carbocycles. The first-order chi connectivity index (χ1) is 8.69. The van der Waals surface area contributed by atoms with E-state index in [4.69, 9.17) is 0 Å². The second-order valence-electron chi connectivity index (χ2n) is 5.18. The van der Waals surface area contributed by atoms with Crippen LogP contribution in [0, 0.1) is 12.8 Å². The third-order valence-corrected chi connectivity index (χ3v) is 4.52. The minimum atomic E-state index is 0.150. The van der Waals surface area contributed by atoms with Crippen LogP contribution in [0.15, 0.2) is 24.3 Å². The summed E-state index contributed by atoms with van der Waals surface area (Å²) in [5.74, 6) is 0.753. The van der Waals surface area contributed by atoms with E-state index in [9.17, 15) is 4.79 Å². The number of amides is 1. The molecule has 0 bridgehead atoms. The lowest BCUT2D eigenvalue weighted by Crippen LogP contribution is -2.38. The maximum absolute atomic E-state index is 12.0. The number of hydrogen-bond donors (Lipinski definition) is 1. The topological polar surface area (TPSA) is 29.1 Å². The van der Waals surface area contributed by atoms with Gasteiger partial charge in [0, 0.05) is 11.4 Å². The monoisotopic (exact) mass is 309 g/mol. The average molecular weight is 310 g/mol. The lowest BCUT2D eigenvalue weighted by molar-refractivity contribution is -0.121. The maximum Gasteiger partial charge on any atom is 0.224 e. The first-order valence-electron chi connectivity index (χ1n) is 6.60. The normalized spacial score (nSPS) is 23.0. The Balaban J connectivity index is 1.86. The SMILES string of the molecule is Cc1ccc(CC(=O)NC2CCCC2CBr)cc1. The number of carbonyl (C=O) groups is 1. The summed E-state index contributed by atoms with van der Waals surface area (Å²) < 4.78 is 0. The molecule has 0 aliphatic heterocycles. The number of nitrogens with one attached hydrogen (secondary N) is 1. The van der Waals surface area contributed by atoms with Gasteiger partial charge in [0.15, 0.2) is 0 Å². The number of alkyl halides is 1. The molecule has 0 saturated heterocycles. The van der Waals surface area contributed by atoms with Gasteiger partial charge in [0.25, 0.3) is 0 Å². The van der Waals surface area contributed by atoms with Gasteiger partial charge in [0.1, 0.15) is 0 Å². The molecule has 1 saturated carbocycles. The summed E-state index contributed by atoms with van der Waals surface area (Å²) in [6.45, 7) is 2.06. The van der Waals surface area contributed by atoms with Gasteiger partial charge in [-0.3, -0.25) is 4.79 Å². The van der Waals surface area contributed by atoms with Crippen molar-refractivity contribution in [2.75, 3.05) is 5.33 Å². The van der Waals surface area contributed by atoms with Gasteiger partial charge < -0.3 is 5.32 Å². The first-order valence-corrected chi connectivity index (χ1v) is 7.72. The summed E-state index contributed by atoms with van der Waals surface area (Å²) in [7, 11) is 0. The van der Waals surface area contributed by atoms with Crippen LogP contribution in [0.25, 0.3) is 0 Å². The van der Waals surface area contributed by atoms with Crippen LogP contribution >= 0.6 is 15.9 Å². The van der Waals surface area contributed by atoms with Gasteiger partial charge in [-0.25, -0.2) is 0 Å². The molecular formula is C15H20BrNO. The highest BCUT2D eigenvalue weighted by Crippen LogP contribution is 2.27. The van der Waals surface area contributed by atoms with Gasteiger partial charge in [-0.15, -0.1) is 0 Å². The fourth-order valence-corrected chi connectivity index (χ4v) is 3.34. The Labute approximate surface area is 117 Å². The largest absolute Gasteiger partial charge is 0.353 e. The molecule has 0 heterocycles. The summed E-state index contributed by atoms with van der Waals surface area (Å²) in [5.41, 5.74) is 2.32. The molecule has 98 valence electrons. The Morgan fingerprint density at radius 3 is 2.72 bits per heavy atom. The zero-order valence-corrected chi connectivity index (χ0v) is 12.4. The van der Waals surface area contributed by atoms with Crippen LogP contribution in [0.2, 0.25) is 0 Å². The highest BCUT2D eigenvalue weighted by molar-refractivity contribution is 9.09. The van der Waals surface area contributed by atoms with Crippen LogP contribution in [-0.2, 0) is 11.2 Å². The van der Waals surface area contributed by atoms with E-state index in [0.29, 0.717) is 18.4 Å². The molecule has 0 aromatic heterocycles. The highest BCUT2D eigenvalue weighted by Gasteiger charge is 2.27. The second kappa shape index (κ2) is 6.37. The molecule has 1 aromatic rings. The van der Waals surface area contributed by atoms with Crippen molar-refractivity contribution in [3.8, 4) is 0 Å². The molecule has 2 nitrogen and oxygen atoms in total. The van der Waals surface area contributed by atoms with Crippen molar-refractivity contribution in [1.82, 2.24) is 5.32 Å². The Bertz CT molecular complexity index is 401. The predicted octanol–water partition coefficient (Wildman–Crippen LogP) is 3.22. The van der Waals surface area contributed by atoms with Crippen LogP contribution in [0.3, 0.4) is 0 Å². The summed E-state index contributed by atoms with van der Waals surface area (Å²) in [5, 5.41) is 4.16. The Morgan fingerprint density at radius 1 is 1.33 bits per heavy atom. The first kappa shape index (κ1) is 13.6. The molecule has 0 spiro atoms. The van der Waals surface area contributed by atoms with E-state index >= 15 is 0 Å². The molecule has 2 atom stereocenters. The molecule has 18 heavy (non-hydrogen) atoms. The number of halogens is 1. The van der Waals surface area contributed by atoms with E-state index in [1.807, 2.05) is 12.1 Å². The van der Waals surface area contributed by atoms with Crippen LogP contribution in [0.1, 0.15) is 30.4 Å². The van der Waals surface area contributed by atoms with E-state index in [1.54, 1.807) is 0 Å². The lowest BCUT2D eigenvalue weighted by Gasteiger charge is -2.19. The van der Waals surface area contributed by atoms with Crippen molar-refractivity contribution in [3.63, 3.8) is 0 Å². The van der Waals surface area contributed by atoms with Crippen molar-refractivity contribution in [2.45, 2.75) is 38.6 Å². The van der Waals surface area contributed by atoms with Crippen LogP contribution in [0.5, 0.6) is 0 Å². The predicted molar refractivity (Wildman–Crippen MR) is 77.9 cm³/mol. The van der Waals surface area contributed by atoms with Gasteiger partial charge in [0.05, 0.1) is 6.42 Å². The molecule has 1 N–H and O–H groups in total. The van der Waals surface area contributed by atoms with Crippen LogP contribution < -0.4 is 5.32 Å². The van der Waals surface area contributed by atoms with E-state index in [2.05, 4.69) is 40.3 Å². The number of benzene rings is 1. The quantitative estimate of drug-likeness (QED) is 0.850. The fraction of sp³-hybridized carbons (Fsp3) is 0.533. The number of aryl methyl sites for hydroxylation is 1. The van der Waals surface area contributed by atoms with E-state index < -0.39 is 0 Å². The van der Waals surface area contributed by atoms with Gasteiger partial charge in [0.2, 0.25) is 5.91 Å². The third-order valence-electron chi connectivity index (χ3n) is 3.69. The number of carbonyl (C=O) groups excluding carboxylic acids is 1. The van der Waals surface area contributed by atoms with E-state index in [1.165, 1.54) is 18.4 Å². The zero-order valence-electron chi connectivity index (χ0n) is 10.8. The molecule has 1 aliphatic carbocycles. The van der Waals surface area contributed by atoms with Crippen molar-refractivity contribution in [3.05, 3.63) is 35.4 Å². The average Bonchev–Trinajstić information content (AvgIpc) is 2.79. The number of rotatable bonds is 4. The fourth-order valence-electron chi connectivity index (χ4n) is 2.56. The second-order valence-corrected chi connectivity index (χ2v) is 5.83. The van der Waals surface area contributed by atoms with Crippen LogP contribution in [0.4, 0.5) is 0 Å². The van der Waals surface area contributed by atoms with Crippen molar-refractivity contribution >= 4 is 21.8 Å². The molecule has 1 fully saturated rings. The van der Waals surface area contributed by atoms with Crippen molar-refractivity contribution in [1.29, 1.82) is 0 Å². The molecule has 1 amide bonds. The van der Waals surface area contributed by atoms with Crippen molar-refractivity contribution in [2.24, 2.45) is 5.92 Å². The summed E-state index contributed by atoms with van der Waals surface area (Å²) in [6.07, 6.45) is 4.06. The van der Waals surface area contributed by atoms with Gasteiger partial charge in [-0.05, 0) is 31.2 Å². The molecule has 0 radical (unpaired) electrons. The van der Waals surface area contributed by atoms with Gasteiger partial charge >= 0.3 is 0 Å². The summed E-state index contributed by atoms with van der Waals surface area (Å²) in [6, 6.07) is 8.54. The van der Waals surface area contributed by atoms with Crippen molar-refractivity contribution < 1.29 is 4.79 Å². The standard InChI is InChI=1S/C15H20BrNO/c1-11-5-7-12(8-6-11)9-15(18)17-14-4-2-3-13(14)10-16/h5-8,13-14H,2-4,9-10H2,1H3,(H,17,18). The lowest BCUT2D eigenvalue weighted by atomic mass is 10.1. The molecule has 1 aliphatic rings. The highest BCUT2D eigenvalue weighted by atomic mass is 79.9. The third kappa shape index (κ3) is 3.58. The molecule has 2 rings (SSSR count). The minimum Gasteiger partial charge on any atom is -0.353 e. The Kier molecular flexibility index (Phi) is 4.81. The smallest absolute Gasteiger partial charge is 0.224 e. The zero-order chi connectivity index (χ0) is 13.0. The Morgan fingerprint density at radius 2 is 2.06 bits per heavy atom. The molecular weight excluding hydrogens is 290 g/mol. The van der Waals surface area contributed by atoms with E-state index in [0.717, 1.165) is 17.3 Å². The van der Waals surface area contributed by atoms with E-state index in [-0.39, 0.29) is 5.91 Å². The number of hydrogen-bond acceptors (Lipinski definition) is 1. The summed E-state index contributed by atoms with van der Waals surface area (Å²) in [4.78, 5) is 12.0. The minimum absolute atomic E-state index is 0.150. The van der Waals surface area contributed by atoms with Crippen LogP contribution in [-0.4, -0.2) is 17.3 Å². The molecule has 2 unspecified atom stereocenters.